The van der Waals surface area contributed by atoms with E-state index in [1.807, 2.05) is 0 Å². The van der Waals surface area contributed by atoms with E-state index in [1.165, 1.54) is 32.1 Å². The summed E-state index contributed by atoms with van der Waals surface area (Å²) in [5.74, 6) is 1.77. The molecule has 0 aromatic carbocycles. The fraction of sp³-hybridized carbons (Fsp3) is 1.00. The number of hydrogen-bond donors (Lipinski definition) is 1. The van der Waals surface area contributed by atoms with Crippen LogP contribution in [0.2, 0.25) is 0 Å². The van der Waals surface area contributed by atoms with E-state index >= 15 is 0 Å². The van der Waals surface area contributed by atoms with Gasteiger partial charge in [0.15, 0.2) is 0 Å². The lowest BCUT2D eigenvalue weighted by atomic mass is 9.74. The SMILES string of the molecule is CCNC1CCCC1C1CCOC2(CCOCC2)C1. The van der Waals surface area contributed by atoms with E-state index in [9.17, 15) is 0 Å². The third-order valence-electron chi connectivity index (χ3n) is 5.58. The van der Waals surface area contributed by atoms with Gasteiger partial charge in [-0.05, 0) is 56.9 Å². The standard InChI is InChI=1S/C16H29NO2/c1-2-17-15-5-3-4-14(15)13-6-9-19-16(12-13)7-10-18-11-8-16/h13-15,17H,2-12H2,1H3. The maximum Gasteiger partial charge on any atom is 0.0729 e. The fourth-order valence-electron chi connectivity index (χ4n) is 4.59. The molecule has 0 aromatic rings. The molecule has 0 radical (unpaired) electrons. The van der Waals surface area contributed by atoms with Crippen LogP contribution >= 0.6 is 0 Å². The third-order valence-corrected chi connectivity index (χ3v) is 5.58. The van der Waals surface area contributed by atoms with Crippen molar-refractivity contribution in [1.82, 2.24) is 5.32 Å². The molecule has 2 aliphatic heterocycles. The van der Waals surface area contributed by atoms with Crippen LogP contribution in [0.15, 0.2) is 0 Å². The Labute approximate surface area is 117 Å². The van der Waals surface area contributed by atoms with Gasteiger partial charge in [0.25, 0.3) is 0 Å². The Hall–Kier alpha value is -0.120. The Morgan fingerprint density at radius 2 is 1.95 bits per heavy atom. The lowest BCUT2D eigenvalue weighted by Gasteiger charge is -2.45. The number of nitrogens with one attached hydrogen (secondary N) is 1. The van der Waals surface area contributed by atoms with E-state index in [0.29, 0.717) is 0 Å². The van der Waals surface area contributed by atoms with Gasteiger partial charge in [0.1, 0.15) is 0 Å². The highest BCUT2D eigenvalue weighted by Crippen LogP contribution is 2.44. The number of hydrogen-bond acceptors (Lipinski definition) is 3. The molecule has 2 heterocycles. The van der Waals surface area contributed by atoms with Crippen LogP contribution in [-0.2, 0) is 9.47 Å². The van der Waals surface area contributed by atoms with Crippen molar-refractivity contribution in [2.45, 2.75) is 63.5 Å². The summed E-state index contributed by atoms with van der Waals surface area (Å²) < 4.78 is 11.7. The monoisotopic (exact) mass is 267 g/mol. The molecule has 19 heavy (non-hydrogen) atoms. The van der Waals surface area contributed by atoms with Gasteiger partial charge >= 0.3 is 0 Å². The van der Waals surface area contributed by atoms with Gasteiger partial charge in [-0.25, -0.2) is 0 Å². The molecule has 0 bridgehead atoms. The zero-order chi connectivity index (χ0) is 13.1. The molecule has 3 aliphatic rings. The summed E-state index contributed by atoms with van der Waals surface area (Å²) in [6.07, 6.45) is 9.00. The summed E-state index contributed by atoms with van der Waals surface area (Å²) in [7, 11) is 0. The highest BCUT2D eigenvalue weighted by molar-refractivity contribution is 4.95. The van der Waals surface area contributed by atoms with Crippen LogP contribution in [0.5, 0.6) is 0 Å². The molecular weight excluding hydrogens is 238 g/mol. The molecule has 1 aliphatic carbocycles. The smallest absolute Gasteiger partial charge is 0.0729 e. The predicted octanol–water partition coefficient (Wildman–Crippen LogP) is 2.74. The lowest BCUT2D eigenvalue weighted by molar-refractivity contribution is -0.153. The van der Waals surface area contributed by atoms with E-state index in [1.54, 1.807) is 0 Å². The maximum absolute atomic E-state index is 6.19. The lowest BCUT2D eigenvalue weighted by Crippen LogP contribution is -2.47. The topological polar surface area (TPSA) is 30.5 Å². The Balaban J connectivity index is 1.64. The van der Waals surface area contributed by atoms with E-state index in [-0.39, 0.29) is 5.60 Å². The summed E-state index contributed by atoms with van der Waals surface area (Å²) in [6, 6.07) is 0.769. The Morgan fingerprint density at radius 1 is 1.11 bits per heavy atom. The fourth-order valence-corrected chi connectivity index (χ4v) is 4.59. The van der Waals surface area contributed by atoms with Crippen molar-refractivity contribution in [2.75, 3.05) is 26.4 Å². The number of rotatable bonds is 3. The molecule has 3 atom stereocenters. The van der Waals surface area contributed by atoms with Crippen LogP contribution < -0.4 is 5.32 Å². The summed E-state index contributed by atoms with van der Waals surface area (Å²) in [5, 5.41) is 3.72. The van der Waals surface area contributed by atoms with Crippen LogP contribution in [0.3, 0.4) is 0 Å². The predicted molar refractivity (Wildman–Crippen MR) is 76.3 cm³/mol. The molecule has 0 amide bonds. The minimum absolute atomic E-state index is 0.167. The van der Waals surface area contributed by atoms with Gasteiger partial charge in [0, 0.05) is 25.9 Å². The molecule has 110 valence electrons. The second kappa shape index (κ2) is 6.11. The third kappa shape index (κ3) is 2.98. The van der Waals surface area contributed by atoms with Crippen molar-refractivity contribution < 1.29 is 9.47 Å². The van der Waals surface area contributed by atoms with Gasteiger partial charge in [-0.2, -0.15) is 0 Å². The van der Waals surface area contributed by atoms with Crippen molar-refractivity contribution in [2.24, 2.45) is 11.8 Å². The molecule has 3 rings (SSSR count). The first-order valence-corrected chi connectivity index (χ1v) is 8.28. The van der Waals surface area contributed by atoms with Gasteiger partial charge in [-0.1, -0.05) is 13.3 Å². The van der Waals surface area contributed by atoms with E-state index in [0.717, 1.165) is 57.1 Å². The van der Waals surface area contributed by atoms with Crippen LogP contribution in [-0.4, -0.2) is 38.0 Å². The first kappa shape index (κ1) is 13.8. The van der Waals surface area contributed by atoms with Gasteiger partial charge in [0.05, 0.1) is 5.60 Å². The minimum atomic E-state index is 0.167. The van der Waals surface area contributed by atoms with Crippen LogP contribution in [0.1, 0.15) is 51.9 Å². The van der Waals surface area contributed by atoms with Crippen molar-refractivity contribution in [3.63, 3.8) is 0 Å². The molecule has 3 unspecified atom stereocenters. The first-order valence-electron chi connectivity index (χ1n) is 8.28. The molecule has 0 aromatic heterocycles. The van der Waals surface area contributed by atoms with Crippen LogP contribution in [0, 0.1) is 11.8 Å². The highest BCUT2D eigenvalue weighted by atomic mass is 16.5. The minimum Gasteiger partial charge on any atom is -0.381 e. The average Bonchev–Trinajstić information content (AvgIpc) is 2.88. The zero-order valence-electron chi connectivity index (χ0n) is 12.3. The van der Waals surface area contributed by atoms with Gasteiger partial charge in [-0.15, -0.1) is 0 Å². The summed E-state index contributed by atoms with van der Waals surface area (Å²) >= 11 is 0. The Morgan fingerprint density at radius 3 is 2.74 bits per heavy atom. The van der Waals surface area contributed by atoms with Crippen molar-refractivity contribution in [3.05, 3.63) is 0 Å². The van der Waals surface area contributed by atoms with Crippen molar-refractivity contribution in [3.8, 4) is 0 Å². The van der Waals surface area contributed by atoms with E-state index in [2.05, 4.69) is 12.2 Å². The Kier molecular flexibility index (Phi) is 4.45. The largest absolute Gasteiger partial charge is 0.381 e. The molecule has 2 saturated heterocycles. The van der Waals surface area contributed by atoms with Crippen LogP contribution in [0.4, 0.5) is 0 Å². The van der Waals surface area contributed by atoms with Gasteiger partial charge in [-0.3, -0.25) is 0 Å². The second-order valence-corrected chi connectivity index (χ2v) is 6.66. The molecule has 3 heteroatoms. The maximum atomic E-state index is 6.19. The van der Waals surface area contributed by atoms with Gasteiger partial charge in [0.2, 0.25) is 0 Å². The molecule has 3 fully saturated rings. The first-order chi connectivity index (χ1) is 9.33. The molecule has 1 N–H and O–H groups in total. The normalized spacial score (nSPS) is 38.7. The highest BCUT2D eigenvalue weighted by Gasteiger charge is 2.43. The average molecular weight is 267 g/mol. The molecule has 1 spiro atoms. The molecule has 3 nitrogen and oxygen atoms in total. The summed E-state index contributed by atoms with van der Waals surface area (Å²) in [6.45, 7) is 6.12. The van der Waals surface area contributed by atoms with Crippen molar-refractivity contribution in [1.29, 1.82) is 0 Å². The Bertz CT molecular complexity index is 283. The van der Waals surface area contributed by atoms with Gasteiger partial charge < -0.3 is 14.8 Å². The van der Waals surface area contributed by atoms with Crippen molar-refractivity contribution >= 4 is 0 Å². The zero-order valence-corrected chi connectivity index (χ0v) is 12.3. The molecular formula is C16H29NO2. The van der Waals surface area contributed by atoms with E-state index < -0.39 is 0 Å². The van der Waals surface area contributed by atoms with E-state index in [4.69, 9.17) is 9.47 Å². The second-order valence-electron chi connectivity index (χ2n) is 6.66. The quantitative estimate of drug-likeness (QED) is 0.853. The number of ether oxygens (including phenoxy) is 2. The van der Waals surface area contributed by atoms with Crippen LogP contribution in [0.25, 0.3) is 0 Å². The summed E-state index contributed by atoms with van der Waals surface area (Å²) in [4.78, 5) is 0. The molecule has 1 saturated carbocycles. The summed E-state index contributed by atoms with van der Waals surface area (Å²) in [5.41, 5.74) is 0.167.